The number of hydrogen-bond donors (Lipinski definition) is 2. The summed E-state index contributed by atoms with van der Waals surface area (Å²) in [5.41, 5.74) is 6.33. The number of aromatic nitrogens is 1. The molecule has 0 spiro atoms. The van der Waals surface area contributed by atoms with Crippen LogP contribution >= 0.6 is 23.4 Å². The Kier molecular flexibility index (Phi) is 5.50. The first-order valence-corrected chi connectivity index (χ1v) is 10.5. The normalized spacial score (nSPS) is 26.0. The maximum absolute atomic E-state index is 15.0. The Hall–Kier alpha value is -2.16. The number of thioether (sulfide) groups is 1. The lowest BCUT2D eigenvalue weighted by Crippen LogP contribution is -2.37. The average Bonchev–Trinajstić information content (AvgIpc) is 3.08. The van der Waals surface area contributed by atoms with Gasteiger partial charge in [0.15, 0.2) is 5.17 Å². The van der Waals surface area contributed by atoms with Crippen LogP contribution in [0.4, 0.5) is 10.1 Å². The molecule has 9 heteroatoms. The van der Waals surface area contributed by atoms with E-state index in [0.29, 0.717) is 27.9 Å². The van der Waals surface area contributed by atoms with E-state index in [1.165, 1.54) is 36.2 Å². The van der Waals surface area contributed by atoms with Gasteiger partial charge >= 0.3 is 0 Å². The number of ether oxygens (including phenoxy) is 1. The van der Waals surface area contributed by atoms with Gasteiger partial charge in [-0.1, -0.05) is 23.4 Å². The fourth-order valence-corrected chi connectivity index (χ4v) is 5.20. The van der Waals surface area contributed by atoms with Crippen LogP contribution in [0.25, 0.3) is 0 Å². The Bertz CT molecular complexity index is 971. The number of anilines is 1. The van der Waals surface area contributed by atoms with Crippen molar-refractivity contribution in [3.8, 4) is 0 Å². The number of hydrogen-bond acceptors (Lipinski definition) is 6. The number of benzene rings is 1. The summed E-state index contributed by atoms with van der Waals surface area (Å²) in [6, 6.07) is 7.62. The third-order valence-corrected chi connectivity index (χ3v) is 6.67. The summed E-state index contributed by atoms with van der Waals surface area (Å²) in [7, 11) is 1.65. The van der Waals surface area contributed by atoms with E-state index >= 15 is 0 Å². The van der Waals surface area contributed by atoms with Crippen LogP contribution in [0.15, 0.2) is 41.5 Å². The molecule has 1 unspecified atom stereocenters. The Labute approximate surface area is 177 Å². The molecular weight excluding hydrogens is 415 g/mol. The molecule has 152 valence electrons. The van der Waals surface area contributed by atoms with Gasteiger partial charge in [0.05, 0.1) is 16.7 Å². The van der Waals surface area contributed by atoms with Gasteiger partial charge in [-0.15, -0.1) is 0 Å². The van der Waals surface area contributed by atoms with Crippen LogP contribution in [0.5, 0.6) is 0 Å². The molecule has 6 nitrogen and oxygen atoms in total. The monoisotopic (exact) mass is 434 g/mol. The molecule has 1 fully saturated rings. The van der Waals surface area contributed by atoms with Crippen molar-refractivity contribution < 1.29 is 13.9 Å². The molecule has 1 amide bonds. The number of amides is 1. The molecule has 3 N–H and O–H groups in total. The number of nitrogens with two attached hydrogens (primary N) is 1. The van der Waals surface area contributed by atoms with Gasteiger partial charge in [-0.05, 0) is 36.8 Å². The van der Waals surface area contributed by atoms with Crippen molar-refractivity contribution in [1.82, 2.24) is 4.98 Å². The van der Waals surface area contributed by atoms with Crippen molar-refractivity contribution >= 4 is 40.1 Å². The van der Waals surface area contributed by atoms with Crippen molar-refractivity contribution in [3.05, 3.63) is 58.6 Å². The van der Waals surface area contributed by atoms with Crippen molar-refractivity contribution in [2.24, 2.45) is 16.6 Å². The summed E-state index contributed by atoms with van der Waals surface area (Å²) in [5, 5.41) is 3.65. The summed E-state index contributed by atoms with van der Waals surface area (Å²) in [4.78, 5) is 21.2. The maximum Gasteiger partial charge on any atom is 0.274 e. The van der Waals surface area contributed by atoms with Crippen LogP contribution in [0, 0.1) is 11.7 Å². The average molecular weight is 435 g/mol. The van der Waals surface area contributed by atoms with E-state index in [1.54, 1.807) is 19.2 Å². The summed E-state index contributed by atoms with van der Waals surface area (Å²) in [6.45, 7) is 0. The number of amidine groups is 1. The highest BCUT2D eigenvalue weighted by molar-refractivity contribution is 8.13. The summed E-state index contributed by atoms with van der Waals surface area (Å²) in [5.74, 6) is 0.0672. The lowest BCUT2D eigenvalue weighted by Gasteiger charge is -2.36. The quantitative estimate of drug-likeness (QED) is 0.763. The number of rotatable bonds is 4. The van der Waals surface area contributed by atoms with Crippen LogP contribution in [0.2, 0.25) is 5.02 Å². The van der Waals surface area contributed by atoms with E-state index in [4.69, 9.17) is 27.1 Å². The third-order valence-electron chi connectivity index (χ3n) is 5.49. The minimum absolute atomic E-state index is 0.0221. The molecule has 1 aliphatic heterocycles. The first-order valence-electron chi connectivity index (χ1n) is 9.15. The van der Waals surface area contributed by atoms with Gasteiger partial charge in [0.1, 0.15) is 11.5 Å². The lowest BCUT2D eigenvalue weighted by molar-refractivity contribution is 0.101. The highest BCUT2D eigenvalue weighted by atomic mass is 35.5. The van der Waals surface area contributed by atoms with E-state index in [-0.39, 0.29) is 23.5 Å². The fraction of sp³-hybridized carbons (Fsp3) is 0.350. The molecule has 2 aromatic rings. The zero-order valence-corrected chi connectivity index (χ0v) is 17.3. The molecule has 3 atom stereocenters. The van der Waals surface area contributed by atoms with Crippen LogP contribution < -0.4 is 11.1 Å². The Morgan fingerprint density at radius 2 is 2.24 bits per heavy atom. The Balaban J connectivity index is 1.68. The third kappa shape index (κ3) is 3.84. The molecule has 1 aliphatic carbocycles. The van der Waals surface area contributed by atoms with Gasteiger partial charge in [0.2, 0.25) is 0 Å². The summed E-state index contributed by atoms with van der Waals surface area (Å²) in [6.07, 6.45) is 2.70. The highest BCUT2D eigenvalue weighted by Crippen LogP contribution is 2.52. The van der Waals surface area contributed by atoms with Crippen LogP contribution in [-0.2, 0) is 10.3 Å². The molecule has 29 heavy (non-hydrogen) atoms. The predicted molar refractivity (Wildman–Crippen MR) is 113 cm³/mol. The Morgan fingerprint density at radius 3 is 2.97 bits per heavy atom. The Morgan fingerprint density at radius 1 is 1.41 bits per heavy atom. The van der Waals surface area contributed by atoms with Gasteiger partial charge in [-0.3, -0.25) is 9.79 Å². The molecule has 0 radical (unpaired) electrons. The number of nitrogens with zero attached hydrogens (tertiary/aromatic N) is 2. The van der Waals surface area contributed by atoms with Gasteiger partial charge in [0, 0.05) is 42.6 Å². The number of methoxy groups -OCH3 is 1. The lowest BCUT2D eigenvalue weighted by atomic mass is 9.81. The molecule has 1 saturated carbocycles. The summed E-state index contributed by atoms with van der Waals surface area (Å²) >= 11 is 7.30. The van der Waals surface area contributed by atoms with Crippen molar-refractivity contribution in [1.29, 1.82) is 0 Å². The van der Waals surface area contributed by atoms with Crippen molar-refractivity contribution in [3.63, 3.8) is 0 Å². The first kappa shape index (κ1) is 20.1. The molecular formula is C20H20ClFN4O2S. The minimum Gasteiger partial charge on any atom is -0.381 e. The first-order chi connectivity index (χ1) is 13.9. The smallest absolute Gasteiger partial charge is 0.274 e. The number of nitrogens with one attached hydrogen (secondary N) is 1. The summed E-state index contributed by atoms with van der Waals surface area (Å²) < 4.78 is 20.5. The van der Waals surface area contributed by atoms with Crippen molar-refractivity contribution in [2.75, 3.05) is 18.2 Å². The van der Waals surface area contributed by atoms with Gasteiger partial charge in [-0.25, -0.2) is 9.37 Å². The van der Waals surface area contributed by atoms with Gasteiger partial charge < -0.3 is 15.8 Å². The predicted octanol–water partition coefficient (Wildman–Crippen LogP) is 3.81. The van der Waals surface area contributed by atoms with E-state index in [2.05, 4.69) is 10.3 Å². The topological polar surface area (TPSA) is 89.6 Å². The van der Waals surface area contributed by atoms with Gasteiger partial charge in [0.25, 0.3) is 5.91 Å². The van der Waals surface area contributed by atoms with Crippen LogP contribution in [-0.4, -0.2) is 35.0 Å². The SMILES string of the molecule is COC1C[C@H]2CSC(N)=N[C@@]2(c2cc(NC(=O)c3ccc(Cl)cn3)ccc2F)C1. The zero-order valence-electron chi connectivity index (χ0n) is 15.7. The second kappa shape index (κ2) is 7.93. The maximum atomic E-state index is 15.0. The largest absolute Gasteiger partial charge is 0.381 e. The molecule has 2 heterocycles. The van der Waals surface area contributed by atoms with Crippen molar-refractivity contribution in [2.45, 2.75) is 24.5 Å². The van der Waals surface area contributed by atoms with Crippen LogP contribution in [0.3, 0.4) is 0 Å². The molecule has 0 bridgehead atoms. The van der Waals surface area contributed by atoms with E-state index in [9.17, 15) is 9.18 Å². The number of carbonyl (C=O) groups is 1. The number of halogens is 2. The molecule has 0 saturated heterocycles. The van der Waals surface area contributed by atoms with Gasteiger partial charge in [-0.2, -0.15) is 0 Å². The molecule has 1 aromatic heterocycles. The second-order valence-corrected chi connectivity index (χ2v) is 8.67. The second-order valence-electron chi connectivity index (χ2n) is 7.19. The minimum atomic E-state index is -0.792. The molecule has 4 rings (SSSR count). The molecule has 1 aromatic carbocycles. The van der Waals surface area contributed by atoms with E-state index < -0.39 is 11.4 Å². The molecule has 2 aliphatic rings. The van der Waals surface area contributed by atoms with E-state index in [0.717, 1.165) is 12.2 Å². The highest BCUT2D eigenvalue weighted by Gasteiger charge is 2.52. The number of aliphatic imine (C=N–C) groups is 1. The number of fused-ring (bicyclic) bond motifs is 1. The number of pyridine rings is 1. The van der Waals surface area contributed by atoms with E-state index in [1.807, 2.05) is 0 Å². The zero-order chi connectivity index (χ0) is 20.6. The fourth-order valence-electron chi connectivity index (χ4n) is 4.08. The van der Waals surface area contributed by atoms with Crippen LogP contribution in [0.1, 0.15) is 28.9 Å². The number of carbonyl (C=O) groups excluding carboxylic acids is 1. The standard InChI is InChI=1S/C20H20ClFN4O2S/c1-28-14-6-11-10-29-19(23)26-20(11,8-14)15-7-13(3-4-16(15)22)25-18(27)17-5-2-12(21)9-24-17/h2-5,7,9,11,14H,6,8,10H2,1H3,(H2,23,26)(H,25,27)/t11-,14?,20-/m0/s1.